The Kier molecular flexibility index (Phi) is 4.70. The van der Waals surface area contributed by atoms with Crippen molar-refractivity contribution in [2.75, 3.05) is 13.1 Å². The molecule has 0 saturated carbocycles. The topological polar surface area (TPSA) is 53.4 Å². The van der Waals surface area contributed by atoms with E-state index in [1.807, 2.05) is 6.07 Å². The molecule has 1 aromatic rings. The van der Waals surface area contributed by atoms with E-state index < -0.39 is 5.97 Å². The number of carbonyl (C=O) groups is 1. The fourth-order valence-corrected chi connectivity index (χ4v) is 2.34. The second-order valence-corrected chi connectivity index (χ2v) is 4.89. The summed E-state index contributed by atoms with van der Waals surface area (Å²) in [5.41, 5.74) is 1.21. The highest BCUT2D eigenvalue weighted by Crippen LogP contribution is 2.12. The Morgan fingerprint density at radius 1 is 1.17 bits per heavy atom. The molecule has 2 heterocycles. The number of hydrogen-bond donors (Lipinski definition) is 1. The fraction of sp³-hybridized carbons (Fsp3) is 0.571. The van der Waals surface area contributed by atoms with Crippen LogP contribution >= 0.6 is 0 Å². The van der Waals surface area contributed by atoms with Crippen LogP contribution < -0.4 is 0 Å². The zero-order valence-corrected chi connectivity index (χ0v) is 10.6. The zero-order chi connectivity index (χ0) is 12.8. The summed E-state index contributed by atoms with van der Waals surface area (Å²) >= 11 is 0. The van der Waals surface area contributed by atoms with E-state index in [2.05, 4.69) is 9.88 Å². The summed E-state index contributed by atoms with van der Waals surface area (Å²) in [7, 11) is 0. The standard InChI is InChI=1S/C14H20N2O2/c17-14(18)12-6-7-13(15-10-12)11-16-8-4-2-1-3-5-9-16/h6-7,10H,1-5,8-9,11H2,(H,17,18). The quantitative estimate of drug-likeness (QED) is 0.893. The lowest BCUT2D eigenvalue weighted by molar-refractivity contribution is 0.0696. The van der Waals surface area contributed by atoms with Crippen LogP contribution in [0, 0.1) is 0 Å². The molecule has 1 saturated heterocycles. The van der Waals surface area contributed by atoms with Gasteiger partial charge in [0.1, 0.15) is 0 Å². The van der Waals surface area contributed by atoms with Crippen molar-refractivity contribution in [1.29, 1.82) is 0 Å². The maximum atomic E-state index is 10.7. The van der Waals surface area contributed by atoms with Crippen LogP contribution in [0.15, 0.2) is 18.3 Å². The van der Waals surface area contributed by atoms with Crippen molar-refractivity contribution >= 4 is 5.97 Å². The second-order valence-electron chi connectivity index (χ2n) is 4.89. The van der Waals surface area contributed by atoms with Crippen molar-refractivity contribution in [3.8, 4) is 0 Å². The number of aromatic nitrogens is 1. The van der Waals surface area contributed by atoms with Gasteiger partial charge < -0.3 is 5.11 Å². The molecule has 1 aliphatic heterocycles. The molecular formula is C14H20N2O2. The van der Waals surface area contributed by atoms with Crippen LogP contribution in [0.25, 0.3) is 0 Å². The van der Waals surface area contributed by atoms with Crippen LogP contribution in [-0.4, -0.2) is 34.0 Å². The molecule has 0 bridgehead atoms. The number of pyridine rings is 1. The number of hydrogen-bond acceptors (Lipinski definition) is 3. The Bertz CT molecular complexity index is 381. The first-order valence-electron chi connectivity index (χ1n) is 6.66. The minimum absolute atomic E-state index is 0.256. The van der Waals surface area contributed by atoms with Gasteiger partial charge in [-0.05, 0) is 38.1 Å². The first-order valence-corrected chi connectivity index (χ1v) is 6.66. The molecular weight excluding hydrogens is 228 g/mol. The van der Waals surface area contributed by atoms with Gasteiger partial charge in [0.2, 0.25) is 0 Å². The van der Waals surface area contributed by atoms with Crippen molar-refractivity contribution in [2.24, 2.45) is 0 Å². The second kappa shape index (κ2) is 6.50. The average Bonchev–Trinajstić information content (AvgIpc) is 2.33. The maximum Gasteiger partial charge on any atom is 0.337 e. The predicted octanol–water partition coefficient (Wildman–Crippen LogP) is 2.55. The summed E-state index contributed by atoms with van der Waals surface area (Å²) in [6, 6.07) is 3.46. The van der Waals surface area contributed by atoms with Crippen LogP contribution in [-0.2, 0) is 6.54 Å². The van der Waals surface area contributed by atoms with Crippen molar-refractivity contribution in [1.82, 2.24) is 9.88 Å². The Labute approximate surface area is 108 Å². The van der Waals surface area contributed by atoms with E-state index in [1.54, 1.807) is 6.07 Å². The minimum Gasteiger partial charge on any atom is -0.478 e. The van der Waals surface area contributed by atoms with Crippen LogP contribution in [0.2, 0.25) is 0 Å². The molecule has 0 amide bonds. The summed E-state index contributed by atoms with van der Waals surface area (Å²) in [6.45, 7) is 3.09. The Morgan fingerprint density at radius 2 is 1.83 bits per heavy atom. The highest BCUT2D eigenvalue weighted by Gasteiger charge is 2.10. The molecule has 0 spiro atoms. The summed E-state index contributed by atoms with van der Waals surface area (Å²) < 4.78 is 0. The van der Waals surface area contributed by atoms with Gasteiger partial charge in [-0.3, -0.25) is 9.88 Å². The Morgan fingerprint density at radius 3 is 2.39 bits per heavy atom. The molecule has 1 aliphatic rings. The molecule has 4 heteroatoms. The normalized spacial score (nSPS) is 18.0. The average molecular weight is 248 g/mol. The van der Waals surface area contributed by atoms with Crippen LogP contribution in [0.3, 0.4) is 0 Å². The number of aromatic carboxylic acids is 1. The molecule has 98 valence electrons. The first kappa shape index (κ1) is 13.0. The largest absolute Gasteiger partial charge is 0.478 e. The Hall–Kier alpha value is -1.42. The number of likely N-dealkylation sites (tertiary alicyclic amines) is 1. The Balaban J connectivity index is 1.92. The molecule has 0 aliphatic carbocycles. The van der Waals surface area contributed by atoms with Crippen molar-refractivity contribution in [3.63, 3.8) is 0 Å². The van der Waals surface area contributed by atoms with E-state index in [9.17, 15) is 4.79 Å². The third kappa shape index (κ3) is 3.81. The fourth-order valence-electron chi connectivity index (χ4n) is 2.34. The maximum absolute atomic E-state index is 10.7. The summed E-state index contributed by atoms with van der Waals surface area (Å²) in [5.74, 6) is -0.916. The van der Waals surface area contributed by atoms with E-state index >= 15 is 0 Å². The van der Waals surface area contributed by atoms with Gasteiger partial charge in [-0.1, -0.05) is 19.3 Å². The first-order chi connectivity index (χ1) is 8.75. The third-order valence-electron chi connectivity index (χ3n) is 3.41. The monoisotopic (exact) mass is 248 g/mol. The molecule has 1 aromatic heterocycles. The molecule has 4 nitrogen and oxygen atoms in total. The molecule has 0 radical (unpaired) electrons. The van der Waals surface area contributed by atoms with Gasteiger partial charge in [-0.25, -0.2) is 4.79 Å². The van der Waals surface area contributed by atoms with Gasteiger partial charge in [-0.2, -0.15) is 0 Å². The molecule has 0 aromatic carbocycles. The van der Waals surface area contributed by atoms with E-state index in [1.165, 1.54) is 38.3 Å². The van der Waals surface area contributed by atoms with E-state index in [0.29, 0.717) is 0 Å². The molecule has 0 atom stereocenters. The lowest BCUT2D eigenvalue weighted by Gasteiger charge is -2.23. The van der Waals surface area contributed by atoms with E-state index in [-0.39, 0.29) is 5.56 Å². The van der Waals surface area contributed by atoms with E-state index in [0.717, 1.165) is 25.3 Å². The van der Waals surface area contributed by atoms with Crippen LogP contribution in [0.5, 0.6) is 0 Å². The van der Waals surface area contributed by atoms with Gasteiger partial charge in [0.25, 0.3) is 0 Å². The van der Waals surface area contributed by atoms with Crippen molar-refractivity contribution < 1.29 is 9.90 Å². The number of carboxylic acids is 1. The van der Waals surface area contributed by atoms with Crippen LogP contribution in [0.4, 0.5) is 0 Å². The lowest BCUT2D eigenvalue weighted by Crippen LogP contribution is -2.27. The van der Waals surface area contributed by atoms with E-state index in [4.69, 9.17) is 5.11 Å². The third-order valence-corrected chi connectivity index (χ3v) is 3.41. The number of nitrogens with zero attached hydrogens (tertiary/aromatic N) is 2. The zero-order valence-electron chi connectivity index (χ0n) is 10.6. The minimum atomic E-state index is -0.916. The molecule has 2 rings (SSSR count). The lowest BCUT2D eigenvalue weighted by atomic mass is 10.1. The van der Waals surface area contributed by atoms with Crippen LogP contribution in [0.1, 0.15) is 48.2 Å². The highest BCUT2D eigenvalue weighted by molar-refractivity contribution is 5.87. The van der Waals surface area contributed by atoms with Crippen molar-refractivity contribution in [2.45, 2.75) is 38.6 Å². The summed E-state index contributed by atoms with van der Waals surface area (Å²) in [4.78, 5) is 17.4. The summed E-state index contributed by atoms with van der Waals surface area (Å²) in [5, 5.41) is 8.82. The molecule has 18 heavy (non-hydrogen) atoms. The SMILES string of the molecule is O=C(O)c1ccc(CN2CCCCCCC2)nc1. The predicted molar refractivity (Wildman–Crippen MR) is 69.6 cm³/mol. The number of carboxylic acid groups (broad SMARTS) is 1. The molecule has 1 N–H and O–H groups in total. The van der Waals surface area contributed by atoms with Crippen molar-refractivity contribution in [3.05, 3.63) is 29.6 Å². The van der Waals surface area contributed by atoms with Gasteiger partial charge in [0.05, 0.1) is 11.3 Å². The summed E-state index contributed by atoms with van der Waals surface area (Å²) in [6.07, 6.45) is 7.96. The molecule has 1 fully saturated rings. The van der Waals surface area contributed by atoms with Gasteiger partial charge >= 0.3 is 5.97 Å². The van der Waals surface area contributed by atoms with Gasteiger partial charge in [0, 0.05) is 12.7 Å². The van der Waals surface area contributed by atoms with Gasteiger partial charge in [-0.15, -0.1) is 0 Å². The number of rotatable bonds is 3. The smallest absolute Gasteiger partial charge is 0.337 e. The molecule has 0 unspecified atom stereocenters. The highest BCUT2D eigenvalue weighted by atomic mass is 16.4. The van der Waals surface area contributed by atoms with Gasteiger partial charge in [0.15, 0.2) is 0 Å².